The molecule has 0 aromatic heterocycles. The van der Waals surface area contributed by atoms with Gasteiger partial charge in [0.25, 0.3) is 0 Å². The summed E-state index contributed by atoms with van der Waals surface area (Å²) in [5.41, 5.74) is 1.23. The fraction of sp³-hybridized carbons (Fsp3) is 0.571. The third-order valence-electron chi connectivity index (χ3n) is 2.58. The molecular formula is C14H23NO. The Bertz CT molecular complexity index is 309. The molecule has 0 spiro atoms. The van der Waals surface area contributed by atoms with Crippen molar-refractivity contribution in [2.45, 2.75) is 52.8 Å². The number of hydrogen-bond acceptors (Lipinski definition) is 2. The number of benzene rings is 1. The fourth-order valence-electron chi connectivity index (χ4n) is 1.38. The largest absolute Gasteiger partial charge is 0.490 e. The molecule has 2 nitrogen and oxygen atoms in total. The van der Waals surface area contributed by atoms with Crippen LogP contribution in [0, 0.1) is 0 Å². The number of rotatable bonds is 6. The maximum atomic E-state index is 5.89. The predicted octanol–water partition coefficient (Wildman–Crippen LogP) is 3.36. The van der Waals surface area contributed by atoms with E-state index >= 15 is 0 Å². The normalized spacial score (nSPS) is 12.8. The van der Waals surface area contributed by atoms with Crippen LogP contribution in [0.3, 0.4) is 0 Å². The van der Waals surface area contributed by atoms with Crippen molar-refractivity contribution in [1.82, 2.24) is 5.32 Å². The zero-order valence-electron chi connectivity index (χ0n) is 10.8. The van der Waals surface area contributed by atoms with E-state index < -0.39 is 0 Å². The van der Waals surface area contributed by atoms with Gasteiger partial charge in [0.1, 0.15) is 5.75 Å². The summed E-state index contributed by atoms with van der Waals surface area (Å²) in [5, 5.41) is 3.41. The third kappa shape index (κ3) is 4.23. The molecule has 16 heavy (non-hydrogen) atoms. The first-order valence-electron chi connectivity index (χ1n) is 6.11. The Morgan fingerprint density at radius 1 is 1.19 bits per heavy atom. The molecule has 0 saturated carbocycles. The summed E-state index contributed by atoms with van der Waals surface area (Å²) in [5.74, 6) is 1.00. The Hall–Kier alpha value is -1.02. The molecule has 0 amide bonds. The van der Waals surface area contributed by atoms with Crippen molar-refractivity contribution in [2.24, 2.45) is 0 Å². The standard InChI is InChI=1S/C14H23NO/c1-5-12(4)16-14-9-7-6-8-13(14)10-15-11(2)3/h6-9,11-12,15H,5,10H2,1-4H3. The molecule has 0 fully saturated rings. The smallest absolute Gasteiger partial charge is 0.124 e. The summed E-state index contributed by atoms with van der Waals surface area (Å²) in [4.78, 5) is 0. The van der Waals surface area contributed by atoms with Gasteiger partial charge in [0, 0.05) is 18.2 Å². The van der Waals surface area contributed by atoms with Gasteiger partial charge >= 0.3 is 0 Å². The molecule has 1 aromatic carbocycles. The first-order valence-corrected chi connectivity index (χ1v) is 6.11. The Kier molecular flexibility index (Phi) is 5.33. The second kappa shape index (κ2) is 6.54. The number of ether oxygens (including phenoxy) is 1. The van der Waals surface area contributed by atoms with Crippen LogP contribution in [0.15, 0.2) is 24.3 Å². The van der Waals surface area contributed by atoms with Crippen molar-refractivity contribution in [3.8, 4) is 5.75 Å². The SMILES string of the molecule is CCC(C)Oc1ccccc1CNC(C)C. The van der Waals surface area contributed by atoms with E-state index in [9.17, 15) is 0 Å². The monoisotopic (exact) mass is 221 g/mol. The van der Waals surface area contributed by atoms with Crippen LogP contribution in [0.4, 0.5) is 0 Å². The third-order valence-corrected chi connectivity index (χ3v) is 2.58. The Morgan fingerprint density at radius 2 is 1.88 bits per heavy atom. The van der Waals surface area contributed by atoms with Crippen molar-refractivity contribution < 1.29 is 4.74 Å². The molecule has 0 radical (unpaired) electrons. The Balaban J connectivity index is 2.67. The zero-order chi connectivity index (χ0) is 12.0. The lowest BCUT2D eigenvalue weighted by molar-refractivity contribution is 0.215. The lowest BCUT2D eigenvalue weighted by Gasteiger charge is -2.17. The van der Waals surface area contributed by atoms with Crippen LogP contribution >= 0.6 is 0 Å². The molecule has 1 N–H and O–H groups in total. The highest BCUT2D eigenvalue weighted by atomic mass is 16.5. The minimum Gasteiger partial charge on any atom is -0.490 e. The van der Waals surface area contributed by atoms with E-state index in [4.69, 9.17) is 4.74 Å². The number of para-hydroxylation sites is 1. The molecule has 0 aliphatic rings. The van der Waals surface area contributed by atoms with E-state index in [-0.39, 0.29) is 6.10 Å². The van der Waals surface area contributed by atoms with Crippen LogP contribution in [0.5, 0.6) is 5.75 Å². The van der Waals surface area contributed by atoms with Crippen molar-refractivity contribution in [3.05, 3.63) is 29.8 Å². The van der Waals surface area contributed by atoms with E-state index in [0.29, 0.717) is 6.04 Å². The molecule has 0 saturated heterocycles. The topological polar surface area (TPSA) is 21.3 Å². The van der Waals surface area contributed by atoms with Crippen LogP contribution in [0.1, 0.15) is 39.7 Å². The van der Waals surface area contributed by atoms with Crippen molar-refractivity contribution in [3.63, 3.8) is 0 Å². The van der Waals surface area contributed by atoms with Crippen molar-refractivity contribution in [2.75, 3.05) is 0 Å². The zero-order valence-corrected chi connectivity index (χ0v) is 10.8. The van der Waals surface area contributed by atoms with Gasteiger partial charge in [0.15, 0.2) is 0 Å². The van der Waals surface area contributed by atoms with Gasteiger partial charge in [0.05, 0.1) is 6.10 Å². The second-order valence-corrected chi connectivity index (χ2v) is 4.48. The molecule has 2 heteroatoms. The van der Waals surface area contributed by atoms with Crippen molar-refractivity contribution in [1.29, 1.82) is 0 Å². The summed E-state index contributed by atoms with van der Waals surface area (Å²) in [6, 6.07) is 8.74. The van der Waals surface area contributed by atoms with Crippen LogP contribution in [-0.2, 0) is 6.54 Å². The van der Waals surface area contributed by atoms with E-state index in [0.717, 1.165) is 18.7 Å². The Morgan fingerprint density at radius 3 is 2.50 bits per heavy atom. The van der Waals surface area contributed by atoms with Crippen LogP contribution in [0.2, 0.25) is 0 Å². The minimum atomic E-state index is 0.278. The fourth-order valence-corrected chi connectivity index (χ4v) is 1.38. The lowest BCUT2D eigenvalue weighted by Crippen LogP contribution is -2.22. The first kappa shape index (κ1) is 13.0. The minimum absolute atomic E-state index is 0.278. The van der Waals surface area contributed by atoms with E-state index in [1.165, 1.54) is 5.56 Å². The second-order valence-electron chi connectivity index (χ2n) is 4.48. The van der Waals surface area contributed by atoms with Gasteiger partial charge < -0.3 is 10.1 Å². The molecule has 1 atom stereocenters. The maximum absolute atomic E-state index is 5.89. The first-order chi connectivity index (χ1) is 7.63. The van der Waals surface area contributed by atoms with E-state index in [2.05, 4.69) is 45.1 Å². The average Bonchev–Trinajstić information content (AvgIpc) is 2.27. The molecule has 1 aromatic rings. The van der Waals surface area contributed by atoms with Gasteiger partial charge in [-0.25, -0.2) is 0 Å². The summed E-state index contributed by atoms with van der Waals surface area (Å²) in [6.07, 6.45) is 1.31. The van der Waals surface area contributed by atoms with Crippen LogP contribution < -0.4 is 10.1 Å². The van der Waals surface area contributed by atoms with E-state index in [1.54, 1.807) is 0 Å². The summed E-state index contributed by atoms with van der Waals surface area (Å²) in [6.45, 7) is 9.41. The maximum Gasteiger partial charge on any atom is 0.124 e. The van der Waals surface area contributed by atoms with Gasteiger partial charge in [-0.05, 0) is 19.4 Å². The molecule has 1 unspecified atom stereocenters. The quantitative estimate of drug-likeness (QED) is 0.795. The highest BCUT2D eigenvalue weighted by Gasteiger charge is 2.06. The summed E-state index contributed by atoms with van der Waals surface area (Å²) >= 11 is 0. The van der Waals surface area contributed by atoms with Gasteiger partial charge in [0.2, 0.25) is 0 Å². The van der Waals surface area contributed by atoms with Crippen molar-refractivity contribution >= 4 is 0 Å². The molecule has 0 heterocycles. The predicted molar refractivity (Wildman–Crippen MR) is 68.8 cm³/mol. The molecule has 90 valence electrons. The highest BCUT2D eigenvalue weighted by molar-refractivity contribution is 5.33. The van der Waals surface area contributed by atoms with Gasteiger partial charge in [-0.1, -0.05) is 39.0 Å². The molecule has 0 bridgehead atoms. The number of hydrogen-bond donors (Lipinski definition) is 1. The van der Waals surface area contributed by atoms with Gasteiger partial charge in [-0.2, -0.15) is 0 Å². The molecule has 1 rings (SSSR count). The van der Waals surface area contributed by atoms with Gasteiger partial charge in [-0.3, -0.25) is 0 Å². The average molecular weight is 221 g/mol. The van der Waals surface area contributed by atoms with Gasteiger partial charge in [-0.15, -0.1) is 0 Å². The summed E-state index contributed by atoms with van der Waals surface area (Å²) < 4.78 is 5.89. The Labute approximate surface area is 99.0 Å². The lowest BCUT2D eigenvalue weighted by atomic mass is 10.2. The molecule has 0 aliphatic carbocycles. The van der Waals surface area contributed by atoms with Crippen LogP contribution in [0.25, 0.3) is 0 Å². The molecule has 0 aliphatic heterocycles. The van der Waals surface area contributed by atoms with Crippen LogP contribution in [-0.4, -0.2) is 12.1 Å². The molecular weight excluding hydrogens is 198 g/mol. The van der Waals surface area contributed by atoms with E-state index in [1.807, 2.05) is 12.1 Å². The highest BCUT2D eigenvalue weighted by Crippen LogP contribution is 2.19. The summed E-state index contributed by atoms with van der Waals surface area (Å²) in [7, 11) is 0. The number of nitrogens with one attached hydrogen (secondary N) is 1.